The van der Waals surface area contributed by atoms with Gasteiger partial charge in [0.1, 0.15) is 11.7 Å². The van der Waals surface area contributed by atoms with Crippen molar-refractivity contribution in [3.63, 3.8) is 0 Å². The van der Waals surface area contributed by atoms with Gasteiger partial charge in [-0.3, -0.25) is 10.3 Å². The van der Waals surface area contributed by atoms with Crippen molar-refractivity contribution in [3.8, 4) is 0 Å². The van der Waals surface area contributed by atoms with E-state index in [9.17, 15) is 4.39 Å². The van der Waals surface area contributed by atoms with Crippen LogP contribution in [0.15, 0.2) is 18.2 Å². The molecule has 1 aromatic carbocycles. The predicted molar refractivity (Wildman–Crippen MR) is 79.4 cm³/mol. The number of nitrogens with zero attached hydrogens (tertiary/aromatic N) is 2. The lowest BCUT2D eigenvalue weighted by Crippen LogP contribution is -2.37. The average Bonchev–Trinajstić information content (AvgIpc) is 2.78. The molecule has 0 spiro atoms. The molecule has 5 heteroatoms. The summed E-state index contributed by atoms with van der Waals surface area (Å²) in [5, 5.41) is 7.59. The predicted octanol–water partition coefficient (Wildman–Crippen LogP) is 1.64. The maximum Gasteiger partial charge on any atom is 0.123 e. The molecular weight excluding hydrogens is 255 g/mol. The van der Waals surface area contributed by atoms with Crippen LogP contribution in [0, 0.1) is 11.2 Å². The highest BCUT2D eigenvalue weighted by atomic mass is 19.1. The van der Waals surface area contributed by atoms with Crippen LogP contribution < -0.4 is 5.73 Å². The van der Waals surface area contributed by atoms with Crippen molar-refractivity contribution in [2.45, 2.75) is 25.4 Å². The zero-order valence-corrected chi connectivity index (χ0v) is 12.2. The highest BCUT2D eigenvalue weighted by Crippen LogP contribution is 2.22. The molecule has 0 bridgehead atoms. The zero-order valence-electron chi connectivity index (χ0n) is 12.2. The van der Waals surface area contributed by atoms with Crippen LogP contribution in [0.5, 0.6) is 0 Å². The highest BCUT2D eigenvalue weighted by Gasteiger charge is 2.25. The molecule has 1 aliphatic rings. The number of amidine groups is 1. The number of hydrogen-bond donors (Lipinski definition) is 2. The van der Waals surface area contributed by atoms with E-state index in [0.29, 0.717) is 11.6 Å². The van der Waals surface area contributed by atoms with Crippen molar-refractivity contribution in [3.05, 3.63) is 35.1 Å². The standard InChI is InChI=1S/C15H23FN4/c1-19(2)10-13-4-3-7-20(13)9-11-5-6-12(16)8-14(11)15(17)18/h5-6,8,13H,3-4,7,9-10H2,1-2H3,(H3,17,18). The van der Waals surface area contributed by atoms with Crippen molar-refractivity contribution in [1.82, 2.24) is 9.80 Å². The number of likely N-dealkylation sites (tertiary alicyclic amines) is 1. The van der Waals surface area contributed by atoms with Gasteiger partial charge in [-0.25, -0.2) is 4.39 Å². The number of nitrogens with one attached hydrogen (secondary N) is 1. The number of halogens is 1. The van der Waals surface area contributed by atoms with Gasteiger partial charge in [0.15, 0.2) is 0 Å². The van der Waals surface area contributed by atoms with Crippen LogP contribution in [-0.2, 0) is 6.54 Å². The highest BCUT2D eigenvalue weighted by molar-refractivity contribution is 5.96. The van der Waals surface area contributed by atoms with Gasteiger partial charge in [-0.1, -0.05) is 6.07 Å². The van der Waals surface area contributed by atoms with E-state index in [1.165, 1.54) is 25.0 Å². The monoisotopic (exact) mass is 278 g/mol. The van der Waals surface area contributed by atoms with Gasteiger partial charge in [-0.2, -0.15) is 0 Å². The molecule has 1 saturated heterocycles. The molecule has 2 rings (SSSR count). The number of benzene rings is 1. The van der Waals surface area contributed by atoms with E-state index >= 15 is 0 Å². The van der Waals surface area contributed by atoms with Gasteiger partial charge in [-0.15, -0.1) is 0 Å². The molecule has 1 heterocycles. The fourth-order valence-corrected chi connectivity index (χ4v) is 2.89. The third-order valence-electron chi connectivity index (χ3n) is 3.81. The minimum atomic E-state index is -0.342. The normalized spacial score (nSPS) is 19.7. The molecule has 1 unspecified atom stereocenters. The van der Waals surface area contributed by atoms with Crippen molar-refractivity contribution in [2.24, 2.45) is 5.73 Å². The molecule has 3 N–H and O–H groups in total. The van der Waals surface area contributed by atoms with E-state index in [-0.39, 0.29) is 11.7 Å². The van der Waals surface area contributed by atoms with Gasteiger partial charge >= 0.3 is 0 Å². The number of nitrogens with two attached hydrogens (primary N) is 1. The molecule has 1 atom stereocenters. The Morgan fingerprint density at radius 1 is 1.50 bits per heavy atom. The molecular formula is C15H23FN4. The maximum atomic E-state index is 13.3. The SMILES string of the molecule is CN(C)CC1CCCN1Cc1ccc(F)cc1C(=N)N. The summed E-state index contributed by atoms with van der Waals surface area (Å²) >= 11 is 0. The summed E-state index contributed by atoms with van der Waals surface area (Å²) in [5.41, 5.74) is 7.01. The third kappa shape index (κ3) is 3.55. The first-order valence-electron chi connectivity index (χ1n) is 6.99. The van der Waals surface area contributed by atoms with Crippen LogP contribution in [0.3, 0.4) is 0 Å². The molecule has 0 aromatic heterocycles. The number of rotatable bonds is 5. The molecule has 1 aromatic rings. The first-order chi connectivity index (χ1) is 9.47. The summed E-state index contributed by atoms with van der Waals surface area (Å²) in [6.07, 6.45) is 2.38. The van der Waals surface area contributed by atoms with Crippen LogP contribution >= 0.6 is 0 Å². The number of likely N-dealkylation sites (N-methyl/N-ethyl adjacent to an activating group) is 1. The Bertz CT molecular complexity index is 487. The smallest absolute Gasteiger partial charge is 0.123 e. The van der Waals surface area contributed by atoms with E-state index in [1.54, 1.807) is 6.07 Å². The van der Waals surface area contributed by atoms with Gasteiger partial charge in [0.05, 0.1) is 0 Å². The molecule has 110 valence electrons. The molecule has 0 saturated carbocycles. The fraction of sp³-hybridized carbons (Fsp3) is 0.533. The van der Waals surface area contributed by atoms with Gasteiger partial charge in [0, 0.05) is 24.7 Å². The second-order valence-corrected chi connectivity index (χ2v) is 5.74. The summed E-state index contributed by atoms with van der Waals surface area (Å²) in [6, 6.07) is 5.07. The van der Waals surface area contributed by atoms with Crippen LogP contribution in [-0.4, -0.2) is 48.9 Å². The Balaban J connectivity index is 2.15. The number of hydrogen-bond acceptors (Lipinski definition) is 3. The lowest BCUT2D eigenvalue weighted by Gasteiger charge is -2.27. The zero-order chi connectivity index (χ0) is 14.7. The molecule has 20 heavy (non-hydrogen) atoms. The van der Waals surface area contributed by atoms with Crippen LogP contribution in [0.25, 0.3) is 0 Å². The van der Waals surface area contributed by atoms with Crippen molar-refractivity contribution >= 4 is 5.84 Å². The van der Waals surface area contributed by atoms with Crippen molar-refractivity contribution < 1.29 is 4.39 Å². The van der Waals surface area contributed by atoms with Gasteiger partial charge in [-0.05, 0) is 51.2 Å². The molecule has 4 nitrogen and oxygen atoms in total. The van der Waals surface area contributed by atoms with Crippen molar-refractivity contribution in [1.29, 1.82) is 5.41 Å². The van der Waals surface area contributed by atoms with Crippen LogP contribution in [0.1, 0.15) is 24.0 Å². The van der Waals surface area contributed by atoms with Gasteiger partial charge in [0.2, 0.25) is 0 Å². The second-order valence-electron chi connectivity index (χ2n) is 5.74. The minimum Gasteiger partial charge on any atom is -0.384 e. The summed E-state index contributed by atoms with van der Waals surface area (Å²) in [5.74, 6) is -0.409. The third-order valence-corrected chi connectivity index (χ3v) is 3.81. The summed E-state index contributed by atoms with van der Waals surface area (Å²) in [7, 11) is 4.16. The van der Waals surface area contributed by atoms with E-state index in [4.69, 9.17) is 11.1 Å². The van der Waals surface area contributed by atoms with E-state index < -0.39 is 0 Å². The number of nitrogen functional groups attached to an aromatic ring is 1. The van der Waals surface area contributed by atoms with E-state index in [1.807, 2.05) is 0 Å². The van der Waals surface area contributed by atoms with Gasteiger partial charge < -0.3 is 10.6 Å². The Kier molecular flexibility index (Phi) is 4.73. The topological polar surface area (TPSA) is 56.4 Å². The molecule has 0 aliphatic carbocycles. The quantitative estimate of drug-likeness (QED) is 0.636. The lowest BCUT2D eigenvalue weighted by molar-refractivity contribution is 0.201. The van der Waals surface area contributed by atoms with Crippen LogP contribution in [0.2, 0.25) is 0 Å². The average molecular weight is 278 g/mol. The Hall–Kier alpha value is -1.46. The Labute approximate surface area is 119 Å². The summed E-state index contributed by atoms with van der Waals surface area (Å²) < 4.78 is 13.3. The van der Waals surface area contributed by atoms with Gasteiger partial charge in [0.25, 0.3) is 0 Å². The summed E-state index contributed by atoms with van der Waals surface area (Å²) in [4.78, 5) is 4.60. The van der Waals surface area contributed by atoms with E-state index in [0.717, 1.165) is 25.2 Å². The maximum absolute atomic E-state index is 13.3. The fourth-order valence-electron chi connectivity index (χ4n) is 2.89. The largest absolute Gasteiger partial charge is 0.384 e. The Morgan fingerprint density at radius 3 is 2.90 bits per heavy atom. The molecule has 0 radical (unpaired) electrons. The second kappa shape index (κ2) is 6.33. The minimum absolute atomic E-state index is 0.0668. The molecule has 1 fully saturated rings. The lowest BCUT2D eigenvalue weighted by atomic mass is 10.1. The first kappa shape index (κ1) is 14.9. The van der Waals surface area contributed by atoms with Crippen molar-refractivity contribution in [2.75, 3.05) is 27.2 Å². The first-order valence-corrected chi connectivity index (χ1v) is 6.99. The van der Waals surface area contributed by atoms with Crippen LogP contribution in [0.4, 0.5) is 4.39 Å². The molecule has 0 amide bonds. The Morgan fingerprint density at radius 2 is 2.25 bits per heavy atom. The molecule has 1 aliphatic heterocycles. The summed E-state index contributed by atoms with van der Waals surface area (Å²) in [6.45, 7) is 2.80. The van der Waals surface area contributed by atoms with E-state index in [2.05, 4.69) is 23.9 Å².